The van der Waals surface area contributed by atoms with E-state index in [4.69, 9.17) is 0 Å². The number of hydrogen-bond acceptors (Lipinski definition) is 4. The molecule has 1 heterocycles. The molecule has 3 aromatic carbocycles. The molecule has 0 aliphatic carbocycles. The molecule has 2 amide bonds. The molecule has 7 heteroatoms. The van der Waals surface area contributed by atoms with Crippen LogP contribution in [0.5, 0.6) is 0 Å². The molecule has 0 radical (unpaired) electrons. The van der Waals surface area contributed by atoms with Crippen molar-refractivity contribution in [2.45, 2.75) is 25.6 Å². The van der Waals surface area contributed by atoms with Crippen LogP contribution in [0.25, 0.3) is 0 Å². The van der Waals surface area contributed by atoms with E-state index in [2.05, 4.69) is 20.7 Å². The summed E-state index contributed by atoms with van der Waals surface area (Å²) in [6, 6.07) is 26.1. The topological polar surface area (TPSA) is 88.9 Å². The van der Waals surface area contributed by atoms with Gasteiger partial charge in [0.05, 0.1) is 19.0 Å². The molecule has 0 saturated carbocycles. The second-order valence-corrected chi connectivity index (χ2v) is 7.69. The Kier molecular flexibility index (Phi) is 7.22. The molecule has 1 aromatic heterocycles. The molecule has 0 aliphatic rings. The maximum atomic E-state index is 12.7. The number of carbonyl (C=O) groups excluding carboxylic acids is 2. The average Bonchev–Trinajstić information content (AvgIpc) is 3.37. The molecule has 4 aromatic rings. The minimum absolute atomic E-state index is 0.135. The van der Waals surface area contributed by atoms with Crippen molar-refractivity contribution in [3.8, 4) is 0 Å². The van der Waals surface area contributed by atoms with Gasteiger partial charge in [-0.15, -0.1) is 0 Å². The second kappa shape index (κ2) is 10.9. The monoisotopic (exact) mass is 439 g/mol. The highest BCUT2D eigenvalue weighted by molar-refractivity contribution is 5.94. The maximum Gasteiger partial charge on any atom is 0.251 e. The fraction of sp³-hybridized carbons (Fsp3) is 0.154. The highest BCUT2D eigenvalue weighted by atomic mass is 16.2. The molecule has 33 heavy (non-hydrogen) atoms. The van der Waals surface area contributed by atoms with Crippen molar-refractivity contribution in [2.75, 3.05) is 0 Å². The van der Waals surface area contributed by atoms with Crippen LogP contribution in [0.3, 0.4) is 0 Å². The average molecular weight is 440 g/mol. The number of aromatic nitrogens is 3. The summed E-state index contributed by atoms with van der Waals surface area (Å²) in [7, 11) is 0. The summed E-state index contributed by atoms with van der Waals surface area (Å²) in [6.07, 6.45) is 3.33. The summed E-state index contributed by atoms with van der Waals surface area (Å²) in [5.74, 6) is -0.343. The number of rotatable bonds is 9. The fourth-order valence-corrected chi connectivity index (χ4v) is 3.49. The Bertz CT molecular complexity index is 1160. The van der Waals surface area contributed by atoms with Crippen molar-refractivity contribution in [3.63, 3.8) is 0 Å². The largest absolute Gasteiger partial charge is 0.352 e. The van der Waals surface area contributed by atoms with Crippen molar-refractivity contribution < 1.29 is 9.59 Å². The van der Waals surface area contributed by atoms with E-state index in [1.165, 1.54) is 6.33 Å². The normalized spacial score (nSPS) is 11.5. The third kappa shape index (κ3) is 6.36. The van der Waals surface area contributed by atoms with Crippen molar-refractivity contribution in [1.82, 2.24) is 25.4 Å². The van der Waals surface area contributed by atoms with Crippen LogP contribution in [0.1, 0.15) is 39.5 Å². The summed E-state index contributed by atoms with van der Waals surface area (Å²) < 4.78 is 1.75. The van der Waals surface area contributed by atoms with E-state index >= 15 is 0 Å². The molecule has 1 atom stereocenters. The Morgan fingerprint density at radius 2 is 1.52 bits per heavy atom. The number of carbonyl (C=O) groups is 2. The number of nitrogens with zero attached hydrogens (tertiary/aromatic N) is 3. The van der Waals surface area contributed by atoms with Gasteiger partial charge < -0.3 is 10.6 Å². The molecule has 2 N–H and O–H groups in total. The van der Waals surface area contributed by atoms with Crippen LogP contribution in [0.15, 0.2) is 97.6 Å². The molecule has 166 valence electrons. The van der Waals surface area contributed by atoms with Gasteiger partial charge in [-0.1, -0.05) is 72.8 Å². The zero-order valence-corrected chi connectivity index (χ0v) is 18.1. The smallest absolute Gasteiger partial charge is 0.251 e. The highest BCUT2D eigenvalue weighted by Crippen LogP contribution is 2.18. The number of benzene rings is 3. The summed E-state index contributed by atoms with van der Waals surface area (Å²) >= 11 is 0. The Balaban J connectivity index is 1.35. The van der Waals surface area contributed by atoms with E-state index in [1.807, 2.05) is 72.8 Å². The van der Waals surface area contributed by atoms with Gasteiger partial charge in [0.2, 0.25) is 5.91 Å². The zero-order chi connectivity index (χ0) is 22.9. The van der Waals surface area contributed by atoms with Gasteiger partial charge in [-0.25, -0.2) is 9.67 Å². The molecule has 4 rings (SSSR count). The van der Waals surface area contributed by atoms with Gasteiger partial charge in [0.1, 0.15) is 12.7 Å². The standard InChI is InChI=1S/C26H25N5O2/c32-25(28-16-20-11-13-21(14-12-20)17-31-19-27-18-29-31)15-24(22-7-3-1-4-8-22)30-26(33)23-9-5-2-6-10-23/h1-14,18-19,24H,15-17H2,(H,28,32)(H,30,33). The quantitative estimate of drug-likeness (QED) is 0.418. The molecule has 0 saturated heterocycles. The van der Waals surface area contributed by atoms with Gasteiger partial charge in [-0.3, -0.25) is 9.59 Å². The SMILES string of the molecule is O=C(CC(NC(=O)c1ccccc1)c1ccccc1)NCc1ccc(Cn2cncn2)cc1. The maximum absolute atomic E-state index is 12.7. The van der Waals surface area contributed by atoms with Crippen LogP contribution in [0.2, 0.25) is 0 Å². The minimum Gasteiger partial charge on any atom is -0.352 e. The van der Waals surface area contributed by atoms with Crippen LogP contribution in [0, 0.1) is 0 Å². The predicted octanol–water partition coefficient (Wildman–Crippen LogP) is 3.50. The Labute approximate surface area is 192 Å². The Morgan fingerprint density at radius 3 is 2.18 bits per heavy atom. The van der Waals surface area contributed by atoms with Gasteiger partial charge in [-0.05, 0) is 28.8 Å². The van der Waals surface area contributed by atoms with E-state index in [0.717, 1.165) is 16.7 Å². The van der Waals surface area contributed by atoms with Gasteiger partial charge >= 0.3 is 0 Å². The lowest BCUT2D eigenvalue weighted by molar-refractivity contribution is -0.121. The molecular weight excluding hydrogens is 414 g/mol. The van der Waals surface area contributed by atoms with E-state index in [9.17, 15) is 9.59 Å². The van der Waals surface area contributed by atoms with Crippen LogP contribution >= 0.6 is 0 Å². The first-order valence-corrected chi connectivity index (χ1v) is 10.7. The van der Waals surface area contributed by atoms with Gasteiger partial charge in [-0.2, -0.15) is 5.10 Å². The molecule has 0 spiro atoms. The first-order chi connectivity index (χ1) is 16.2. The first kappa shape index (κ1) is 22.0. The Hall–Kier alpha value is -4.26. The van der Waals surface area contributed by atoms with Gasteiger partial charge in [0.15, 0.2) is 0 Å². The Morgan fingerprint density at radius 1 is 0.848 bits per heavy atom. The van der Waals surface area contributed by atoms with Gasteiger partial charge in [0.25, 0.3) is 5.91 Å². The molecule has 7 nitrogen and oxygen atoms in total. The lowest BCUT2D eigenvalue weighted by Gasteiger charge is -2.19. The summed E-state index contributed by atoms with van der Waals surface area (Å²) in [5.41, 5.74) is 3.54. The van der Waals surface area contributed by atoms with Gasteiger partial charge in [0, 0.05) is 12.1 Å². The predicted molar refractivity (Wildman–Crippen MR) is 125 cm³/mol. The molecule has 0 fully saturated rings. The van der Waals surface area contributed by atoms with E-state index < -0.39 is 6.04 Å². The second-order valence-electron chi connectivity index (χ2n) is 7.69. The number of hydrogen-bond donors (Lipinski definition) is 2. The van der Waals surface area contributed by atoms with Crippen LogP contribution < -0.4 is 10.6 Å². The van der Waals surface area contributed by atoms with Crippen LogP contribution in [-0.2, 0) is 17.9 Å². The molecule has 1 unspecified atom stereocenters. The van der Waals surface area contributed by atoms with Crippen molar-refractivity contribution in [1.29, 1.82) is 0 Å². The van der Waals surface area contributed by atoms with Crippen molar-refractivity contribution in [3.05, 3.63) is 120 Å². The lowest BCUT2D eigenvalue weighted by atomic mass is 10.0. The third-order valence-electron chi connectivity index (χ3n) is 5.26. The minimum atomic E-state index is -0.427. The molecular formula is C26H25N5O2. The third-order valence-corrected chi connectivity index (χ3v) is 5.26. The summed E-state index contributed by atoms with van der Waals surface area (Å²) in [5, 5.41) is 10.1. The number of amides is 2. The van der Waals surface area contributed by atoms with E-state index in [1.54, 1.807) is 23.1 Å². The number of nitrogens with one attached hydrogen (secondary N) is 2. The van der Waals surface area contributed by atoms with E-state index in [0.29, 0.717) is 18.7 Å². The molecule has 0 bridgehead atoms. The highest BCUT2D eigenvalue weighted by Gasteiger charge is 2.19. The van der Waals surface area contributed by atoms with Crippen LogP contribution in [0.4, 0.5) is 0 Å². The molecule has 0 aliphatic heterocycles. The zero-order valence-electron chi connectivity index (χ0n) is 18.1. The summed E-state index contributed by atoms with van der Waals surface area (Å²) in [6.45, 7) is 1.06. The van der Waals surface area contributed by atoms with Crippen molar-refractivity contribution in [2.24, 2.45) is 0 Å². The van der Waals surface area contributed by atoms with Crippen LogP contribution in [-0.4, -0.2) is 26.6 Å². The van der Waals surface area contributed by atoms with E-state index in [-0.39, 0.29) is 18.2 Å². The fourth-order valence-electron chi connectivity index (χ4n) is 3.49. The summed E-state index contributed by atoms with van der Waals surface area (Å²) in [4.78, 5) is 29.3. The first-order valence-electron chi connectivity index (χ1n) is 10.7. The van der Waals surface area contributed by atoms with Crippen molar-refractivity contribution >= 4 is 11.8 Å². The lowest BCUT2D eigenvalue weighted by Crippen LogP contribution is -2.33.